The number of ether oxygens (including phenoxy) is 2. The van der Waals surface area contributed by atoms with Crippen LogP contribution >= 0.6 is 0 Å². The monoisotopic (exact) mass is 569 g/mol. The van der Waals surface area contributed by atoms with E-state index < -0.39 is 0 Å². The zero-order chi connectivity index (χ0) is 29.1. The summed E-state index contributed by atoms with van der Waals surface area (Å²) in [7, 11) is 0. The first kappa shape index (κ1) is 33.5. The summed E-state index contributed by atoms with van der Waals surface area (Å²) in [4.78, 5) is 27.1. The van der Waals surface area contributed by atoms with Gasteiger partial charge in [-0.1, -0.05) is 127 Å². The maximum absolute atomic E-state index is 13.1. The van der Waals surface area contributed by atoms with Gasteiger partial charge in [0.05, 0.1) is 0 Å². The van der Waals surface area contributed by atoms with Gasteiger partial charge in [-0.15, -0.1) is 0 Å². The van der Waals surface area contributed by atoms with E-state index in [2.05, 4.69) is 37.3 Å². The summed E-state index contributed by atoms with van der Waals surface area (Å²) in [6, 6.07) is 10.9. The van der Waals surface area contributed by atoms with Gasteiger partial charge in [0, 0.05) is 24.9 Å². The summed E-state index contributed by atoms with van der Waals surface area (Å²) in [5.41, 5.74) is 1.34. The number of hydrogen-bond donors (Lipinski definition) is 0. The molecule has 0 heterocycles. The largest absolute Gasteiger partial charge is 0.462 e. The van der Waals surface area contributed by atoms with Crippen molar-refractivity contribution in [2.75, 3.05) is 19.8 Å². The van der Waals surface area contributed by atoms with Crippen LogP contribution in [0.3, 0.4) is 0 Å². The first-order valence-corrected chi connectivity index (χ1v) is 17.3. The summed E-state index contributed by atoms with van der Waals surface area (Å²) in [5, 5.41) is 0. The zero-order valence-corrected chi connectivity index (χ0v) is 26.3. The Labute approximate surface area is 251 Å². The molecule has 2 bridgehead atoms. The molecule has 2 aliphatic rings. The van der Waals surface area contributed by atoms with Gasteiger partial charge < -0.3 is 14.4 Å². The van der Waals surface area contributed by atoms with Gasteiger partial charge in [-0.25, -0.2) is 4.79 Å². The lowest BCUT2D eigenvalue weighted by atomic mass is 9.79. The molecule has 1 amide bonds. The van der Waals surface area contributed by atoms with Crippen molar-refractivity contribution in [2.45, 2.75) is 148 Å². The van der Waals surface area contributed by atoms with Crippen molar-refractivity contribution < 1.29 is 19.1 Å². The van der Waals surface area contributed by atoms with E-state index >= 15 is 0 Å². The van der Waals surface area contributed by atoms with Crippen molar-refractivity contribution in [1.82, 2.24) is 4.90 Å². The van der Waals surface area contributed by atoms with Gasteiger partial charge in [0.1, 0.15) is 13.2 Å². The molecule has 5 heteroatoms. The fraction of sp³-hybridized carbons (Fsp3) is 0.778. The number of likely N-dealkylation sites (N-methyl/N-ethyl adjacent to an activating group) is 1. The molecule has 0 aromatic heterocycles. The van der Waals surface area contributed by atoms with Crippen molar-refractivity contribution in [3.8, 4) is 0 Å². The van der Waals surface area contributed by atoms with Crippen LogP contribution in [0.2, 0.25) is 0 Å². The first-order valence-electron chi connectivity index (χ1n) is 17.3. The topological polar surface area (TPSA) is 55.8 Å². The second kappa shape index (κ2) is 20.0. The van der Waals surface area contributed by atoms with Crippen molar-refractivity contribution >= 4 is 12.1 Å². The molecule has 5 nitrogen and oxygen atoms in total. The minimum atomic E-state index is -0.274. The zero-order valence-electron chi connectivity index (χ0n) is 26.3. The molecule has 232 valence electrons. The Morgan fingerprint density at radius 1 is 0.707 bits per heavy atom. The number of amides is 1. The number of unbranched alkanes of at least 4 members (excludes halogenated alkanes) is 14. The Bertz CT molecular complexity index is 843. The molecule has 4 unspecified atom stereocenters. The Morgan fingerprint density at radius 3 is 1.83 bits per heavy atom. The van der Waals surface area contributed by atoms with Crippen molar-refractivity contribution in [2.24, 2.45) is 11.8 Å². The predicted octanol–water partition coefficient (Wildman–Crippen LogP) is 9.83. The molecule has 0 N–H and O–H groups in total. The average molecular weight is 570 g/mol. The van der Waals surface area contributed by atoms with Gasteiger partial charge in [-0.3, -0.25) is 4.79 Å². The van der Waals surface area contributed by atoms with Gasteiger partial charge in [-0.2, -0.15) is 0 Å². The van der Waals surface area contributed by atoms with Crippen LogP contribution in [0.15, 0.2) is 30.3 Å². The number of carbonyl (C=O) groups is 2. The van der Waals surface area contributed by atoms with E-state index in [1.807, 2.05) is 11.8 Å². The highest BCUT2D eigenvalue weighted by Gasteiger charge is 2.51. The Kier molecular flexibility index (Phi) is 16.3. The maximum atomic E-state index is 13.1. The maximum Gasteiger partial charge on any atom is 0.410 e. The van der Waals surface area contributed by atoms with Crippen LogP contribution in [0.5, 0.6) is 0 Å². The predicted molar refractivity (Wildman–Crippen MR) is 168 cm³/mol. The number of esters is 1. The summed E-state index contributed by atoms with van der Waals surface area (Å²) in [5.74, 6) is 1.40. The van der Waals surface area contributed by atoms with Gasteiger partial charge in [0.2, 0.25) is 0 Å². The average Bonchev–Trinajstić information content (AvgIpc) is 3.61. The highest BCUT2D eigenvalue weighted by molar-refractivity contribution is 5.69. The molecule has 2 aliphatic carbocycles. The third kappa shape index (κ3) is 11.6. The molecule has 0 spiro atoms. The number of benzene rings is 1. The van der Waals surface area contributed by atoms with E-state index in [9.17, 15) is 9.59 Å². The second-order valence-corrected chi connectivity index (χ2v) is 12.6. The Morgan fingerprint density at radius 2 is 1.24 bits per heavy atom. The van der Waals surface area contributed by atoms with Crippen molar-refractivity contribution in [3.05, 3.63) is 35.9 Å². The number of nitrogens with zero attached hydrogens (tertiary/aromatic N) is 1. The van der Waals surface area contributed by atoms with Gasteiger partial charge in [-0.05, 0) is 50.0 Å². The molecule has 4 atom stereocenters. The molecule has 2 saturated carbocycles. The number of hydrogen-bond acceptors (Lipinski definition) is 4. The fourth-order valence-corrected chi connectivity index (χ4v) is 7.40. The minimum Gasteiger partial charge on any atom is -0.462 e. The van der Waals surface area contributed by atoms with Crippen LogP contribution in [-0.4, -0.2) is 42.8 Å². The molecule has 0 aliphatic heterocycles. The van der Waals surface area contributed by atoms with Crippen LogP contribution < -0.4 is 0 Å². The van der Waals surface area contributed by atoms with E-state index in [1.54, 1.807) is 0 Å². The lowest BCUT2D eigenvalue weighted by molar-refractivity contribution is -0.144. The lowest BCUT2D eigenvalue weighted by Gasteiger charge is -2.39. The van der Waals surface area contributed by atoms with E-state index in [4.69, 9.17) is 9.47 Å². The number of fused-ring (bicyclic) bond motifs is 2. The van der Waals surface area contributed by atoms with Gasteiger partial charge >= 0.3 is 12.1 Å². The Hall–Kier alpha value is -2.04. The molecule has 1 aromatic carbocycles. The van der Waals surface area contributed by atoms with Gasteiger partial charge in [0.25, 0.3) is 0 Å². The number of rotatable bonds is 22. The van der Waals surface area contributed by atoms with E-state index in [0.29, 0.717) is 30.7 Å². The summed E-state index contributed by atoms with van der Waals surface area (Å²) >= 11 is 0. The normalized spacial score (nSPS) is 21.2. The van der Waals surface area contributed by atoms with Gasteiger partial charge in [0.15, 0.2) is 0 Å². The van der Waals surface area contributed by atoms with Crippen molar-refractivity contribution in [3.63, 3.8) is 0 Å². The molecule has 1 aromatic rings. The number of carbonyl (C=O) groups excluding carboxylic acids is 2. The van der Waals surface area contributed by atoms with E-state index in [-0.39, 0.29) is 31.3 Å². The smallest absolute Gasteiger partial charge is 0.410 e. The van der Waals surface area contributed by atoms with E-state index in [0.717, 1.165) is 12.8 Å². The third-order valence-electron chi connectivity index (χ3n) is 9.55. The quantitative estimate of drug-likeness (QED) is 0.103. The summed E-state index contributed by atoms with van der Waals surface area (Å²) < 4.78 is 10.9. The summed E-state index contributed by atoms with van der Waals surface area (Å²) in [6.45, 7) is 5.20. The first-order chi connectivity index (χ1) is 20.2. The van der Waals surface area contributed by atoms with Crippen LogP contribution in [0.1, 0.15) is 147 Å². The van der Waals surface area contributed by atoms with Crippen LogP contribution in [0.4, 0.5) is 4.79 Å². The second-order valence-electron chi connectivity index (χ2n) is 12.6. The lowest BCUT2D eigenvalue weighted by Crippen LogP contribution is -2.47. The highest BCUT2D eigenvalue weighted by atomic mass is 16.6. The summed E-state index contributed by atoms with van der Waals surface area (Å²) in [6.07, 6.45) is 23.5. The standard InChI is InChI=1S/C36H59NO4/c1-3-5-6-7-8-9-10-11-12-13-14-15-16-17-21-24-33(38)40-27-28-41-36(39)37(4-2)35-32-26-25-31(29-32)34(35)30-22-19-18-20-23-30/h18-20,22-23,31-32,34-35H,3-17,21,24-29H2,1-2H3. The molecular formula is C36H59NO4. The molecule has 0 radical (unpaired) electrons. The molecule has 2 fully saturated rings. The minimum absolute atomic E-state index is 0.122. The molecule has 3 rings (SSSR count). The van der Waals surface area contributed by atoms with E-state index in [1.165, 1.54) is 108 Å². The van der Waals surface area contributed by atoms with Crippen LogP contribution in [-0.2, 0) is 14.3 Å². The molecular weight excluding hydrogens is 510 g/mol. The SMILES string of the molecule is CCCCCCCCCCCCCCCCCC(=O)OCCOC(=O)N(CC)C1C2CCC(C2)C1c1ccccc1. The fourth-order valence-electron chi connectivity index (χ4n) is 7.40. The van der Waals surface area contributed by atoms with Crippen LogP contribution in [0, 0.1) is 11.8 Å². The third-order valence-corrected chi connectivity index (χ3v) is 9.55. The van der Waals surface area contributed by atoms with Crippen LogP contribution in [0.25, 0.3) is 0 Å². The highest BCUT2D eigenvalue weighted by Crippen LogP contribution is 2.54. The Balaban J connectivity index is 1.18. The molecule has 41 heavy (non-hydrogen) atoms. The van der Waals surface area contributed by atoms with Crippen molar-refractivity contribution in [1.29, 1.82) is 0 Å². The molecule has 0 saturated heterocycles.